The van der Waals surface area contributed by atoms with Crippen molar-refractivity contribution in [2.75, 3.05) is 26.4 Å². The van der Waals surface area contributed by atoms with Crippen LogP contribution in [0.3, 0.4) is 0 Å². The van der Waals surface area contributed by atoms with Gasteiger partial charge in [0.15, 0.2) is 0 Å². The minimum atomic E-state index is 0. The molecule has 2 aliphatic heterocycles. The van der Waals surface area contributed by atoms with Crippen molar-refractivity contribution in [2.24, 2.45) is 0 Å². The van der Waals surface area contributed by atoms with Gasteiger partial charge in [-0.2, -0.15) is 0 Å². The van der Waals surface area contributed by atoms with Gasteiger partial charge < -0.3 is 40.1 Å². The first kappa shape index (κ1) is 50.1. The van der Waals surface area contributed by atoms with E-state index >= 15 is 0 Å². The third-order valence-corrected chi connectivity index (χ3v) is 12.9. The molecule has 2 fully saturated rings. The van der Waals surface area contributed by atoms with Crippen molar-refractivity contribution >= 4 is 24.6 Å². The summed E-state index contributed by atoms with van der Waals surface area (Å²) in [4.78, 5) is 0. The number of hydrogen-bond acceptors (Lipinski definition) is 5. The molecule has 0 unspecified atom stereocenters. The zero-order valence-electron chi connectivity index (χ0n) is 34.8. The fourth-order valence-electron chi connectivity index (χ4n) is 3.65. The van der Waals surface area contributed by atoms with Crippen LogP contribution in [0.15, 0.2) is 0 Å². The first-order valence-electron chi connectivity index (χ1n) is 17.9. The first-order valence-corrected chi connectivity index (χ1v) is 20.6. The Balaban J connectivity index is 0.000000625. The van der Waals surface area contributed by atoms with Crippen LogP contribution in [0.25, 0.3) is 0 Å². The maximum absolute atomic E-state index is 4.94. The SMILES string of the molecule is C1CCOC1.C1CCOC1.CC(C)(C)c1n[n-]c(C(C)(C)C)p1.CC(C)(C)c1n[n-]c(C(C)(C)C)p1.CC(C)(C)c1n[n-]c(C(C)(C)C)p1.[Dy+3]. The van der Waals surface area contributed by atoms with E-state index in [-0.39, 0.29) is 70.7 Å². The molecule has 8 nitrogen and oxygen atoms in total. The van der Waals surface area contributed by atoms with Crippen LogP contribution in [0.1, 0.15) is 183 Å². The molecule has 289 valence electrons. The van der Waals surface area contributed by atoms with E-state index in [1.807, 2.05) is 0 Å². The normalized spacial score (nSPS) is 15.7. The summed E-state index contributed by atoms with van der Waals surface area (Å²) in [6, 6.07) is 0. The molecular formula is C38H70DyN6O2P3. The van der Waals surface area contributed by atoms with Gasteiger partial charge in [-0.05, 0) is 41.9 Å². The summed E-state index contributed by atoms with van der Waals surface area (Å²) >= 11 is 0. The summed E-state index contributed by atoms with van der Waals surface area (Å²) in [6.07, 6.45) is 5.11. The van der Waals surface area contributed by atoms with Gasteiger partial charge in [-0.3, -0.25) is 0 Å². The number of aromatic nitrogens is 6. The van der Waals surface area contributed by atoms with Crippen LogP contribution in [0.2, 0.25) is 0 Å². The van der Waals surface area contributed by atoms with Gasteiger partial charge in [0.05, 0.1) is 0 Å². The van der Waals surface area contributed by atoms with E-state index in [0.717, 1.165) is 26.4 Å². The predicted molar refractivity (Wildman–Crippen MR) is 213 cm³/mol. The van der Waals surface area contributed by atoms with Crippen molar-refractivity contribution in [1.29, 1.82) is 0 Å². The van der Waals surface area contributed by atoms with Gasteiger partial charge in [0.25, 0.3) is 0 Å². The largest absolute Gasteiger partial charge is 3.00 e. The first-order chi connectivity index (χ1) is 22.1. The second-order valence-electron chi connectivity index (χ2n) is 19.0. The van der Waals surface area contributed by atoms with Crippen molar-refractivity contribution in [1.82, 2.24) is 30.6 Å². The molecule has 0 N–H and O–H groups in total. The fraction of sp³-hybridized carbons (Fsp3) is 0.842. The van der Waals surface area contributed by atoms with Crippen LogP contribution in [0.4, 0.5) is 0 Å². The summed E-state index contributed by atoms with van der Waals surface area (Å²) in [5.41, 5.74) is 7.97. The molecule has 12 heteroatoms. The summed E-state index contributed by atoms with van der Waals surface area (Å²) in [5.74, 6) is 0. The summed E-state index contributed by atoms with van der Waals surface area (Å²) in [7, 11) is 3.63. The van der Waals surface area contributed by atoms with Gasteiger partial charge in [0, 0.05) is 58.9 Å². The van der Waals surface area contributed by atoms with Crippen LogP contribution in [-0.2, 0) is 42.0 Å². The van der Waals surface area contributed by atoms with Crippen molar-refractivity contribution in [3.63, 3.8) is 0 Å². The minimum Gasteiger partial charge on any atom is -0.574 e. The van der Waals surface area contributed by atoms with E-state index in [1.165, 1.54) is 82.8 Å². The summed E-state index contributed by atoms with van der Waals surface area (Å²) in [6.45, 7) is 43.2. The monoisotopic (exact) mass is 899 g/mol. The molecule has 0 amide bonds. The van der Waals surface area contributed by atoms with Gasteiger partial charge in [0.2, 0.25) is 0 Å². The topological polar surface area (TPSA) is 99.4 Å². The zero-order valence-corrected chi connectivity index (χ0v) is 39.5. The quantitative estimate of drug-likeness (QED) is 0.220. The predicted octanol–water partition coefficient (Wildman–Crippen LogP) is 11.2. The van der Waals surface area contributed by atoms with Gasteiger partial charge in [-0.15, -0.1) is 16.3 Å². The van der Waals surface area contributed by atoms with Crippen molar-refractivity contribution in [2.45, 2.75) is 183 Å². The van der Waals surface area contributed by atoms with Crippen LogP contribution in [0, 0.1) is 38.2 Å². The third-order valence-electron chi connectivity index (χ3n) is 7.03. The second kappa shape index (κ2) is 21.3. The van der Waals surface area contributed by atoms with E-state index < -0.39 is 0 Å². The van der Waals surface area contributed by atoms with Gasteiger partial charge in [-0.25, -0.2) is 0 Å². The third kappa shape index (κ3) is 20.0. The molecule has 5 heterocycles. The molecule has 2 aliphatic rings. The molecule has 0 saturated carbocycles. The van der Waals surface area contributed by atoms with Gasteiger partial charge in [-0.1, -0.05) is 149 Å². The fourth-order valence-corrected chi connectivity index (χ4v) is 6.80. The average Bonchev–Trinajstić information content (AvgIpc) is 3.77. The van der Waals surface area contributed by atoms with Gasteiger partial charge in [0.1, 0.15) is 0 Å². The van der Waals surface area contributed by atoms with E-state index in [2.05, 4.69) is 155 Å². The van der Waals surface area contributed by atoms with Crippen LogP contribution in [0.5, 0.6) is 0 Å². The maximum Gasteiger partial charge on any atom is 3.00 e. The molecule has 0 aliphatic carbocycles. The Bertz CT molecular complexity index is 1080. The number of nitrogens with zero attached hydrogens (tertiary/aromatic N) is 6. The van der Waals surface area contributed by atoms with E-state index in [0.29, 0.717) is 0 Å². The molecule has 3 aromatic heterocycles. The number of rotatable bonds is 0. The van der Waals surface area contributed by atoms with Crippen molar-refractivity contribution in [3.8, 4) is 0 Å². The molecule has 1 radical (unpaired) electrons. The van der Waals surface area contributed by atoms with Crippen molar-refractivity contribution < 1.29 is 47.6 Å². The zero-order chi connectivity index (χ0) is 37.9. The Hall–Kier alpha value is 0.113. The number of hydrogen-bond donors (Lipinski definition) is 0. The Morgan fingerprint density at radius 2 is 0.580 bits per heavy atom. The average molecular weight is 898 g/mol. The Labute approximate surface area is 342 Å². The summed E-state index contributed by atoms with van der Waals surface area (Å²) in [5, 5.41) is 25.5. The summed E-state index contributed by atoms with van der Waals surface area (Å²) < 4.78 is 9.89. The van der Waals surface area contributed by atoms with Crippen molar-refractivity contribution in [3.05, 3.63) is 32.6 Å². The minimum absolute atomic E-state index is 0. The molecule has 0 aromatic carbocycles. The van der Waals surface area contributed by atoms with Crippen LogP contribution >= 0.6 is 24.6 Å². The molecule has 2 saturated heterocycles. The Morgan fingerprint density at radius 3 is 0.660 bits per heavy atom. The van der Waals surface area contributed by atoms with E-state index in [9.17, 15) is 0 Å². The number of ether oxygens (including phenoxy) is 2. The van der Waals surface area contributed by atoms with Crippen LogP contribution < -0.4 is 15.3 Å². The molecule has 0 spiro atoms. The van der Waals surface area contributed by atoms with Crippen LogP contribution in [-0.4, -0.2) is 41.7 Å². The standard InChI is InChI=1S/3C10H18N2P.2C4H8O.Dy/c3*1-9(2,3)7-11-12-8(13-7)10(4,5)6;2*1-2-4-5-3-1;/h3*1-6H3;2*1-4H2;/q3*-1;;;+3. The molecule has 0 bridgehead atoms. The maximum atomic E-state index is 4.94. The van der Waals surface area contributed by atoms with Gasteiger partial charge >= 0.3 is 38.2 Å². The second-order valence-corrected chi connectivity index (χ2v) is 22.2. The Kier molecular flexibility index (Phi) is 21.3. The molecular weight excluding hydrogens is 828 g/mol. The molecule has 5 rings (SSSR count). The van der Waals surface area contributed by atoms with E-state index in [1.54, 1.807) is 0 Å². The molecule has 50 heavy (non-hydrogen) atoms. The molecule has 0 atom stereocenters. The Morgan fingerprint density at radius 1 is 0.380 bits per heavy atom. The van der Waals surface area contributed by atoms with E-state index in [4.69, 9.17) is 9.47 Å². The molecule has 3 aromatic rings. The smallest absolute Gasteiger partial charge is 0.574 e.